The maximum atomic E-state index is 5.18. The molecule has 3 nitrogen and oxygen atoms in total. The fourth-order valence-electron chi connectivity index (χ4n) is 1.17. The highest BCUT2D eigenvalue weighted by Crippen LogP contribution is 2.16. The third kappa shape index (κ3) is 4.90. The summed E-state index contributed by atoms with van der Waals surface area (Å²) in [6.45, 7) is 8.22. The molecule has 2 N–H and O–H groups in total. The Hall–Kier alpha value is -0.680. The van der Waals surface area contributed by atoms with E-state index in [1.165, 1.54) is 0 Å². The van der Waals surface area contributed by atoms with Crippen LogP contribution in [0, 0.1) is 5.92 Å². The van der Waals surface area contributed by atoms with Gasteiger partial charge >= 0.3 is 0 Å². The number of hydrogen-bond donors (Lipinski definition) is 2. The van der Waals surface area contributed by atoms with E-state index in [9.17, 15) is 0 Å². The first-order valence-electron chi connectivity index (χ1n) is 5.50. The topological polar surface area (TPSA) is 37.0 Å². The van der Waals surface area contributed by atoms with Gasteiger partial charge < -0.3 is 10.6 Å². The van der Waals surface area contributed by atoms with E-state index < -0.39 is 0 Å². The third-order valence-corrected chi connectivity index (χ3v) is 3.41. The molecule has 16 heavy (non-hydrogen) atoms. The lowest BCUT2D eigenvalue weighted by Crippen LogP contribution is -2.38. The standard InChI is InChI=1S/C11H19N3S2/c1-8(2)6-13-11(15)14-7-9(3)10-12-4-5-16-10/h4-5,8-9H,6-7H2,1-3H3,(H2,13,14,15). The molecule has 0 spiro atoms. The Kier molecular flexibility index (Phi) is 5.69. The van der Waals surface area contributed by atoms with Crippen molar-refractivity contribution in [3.05, 3.63) is 16.6 Å². The summed E-state index contributed by atoms with van der Waals surface area (Å²) in [5.74, 6) is 1.01. The molecule has 0 aliphatic rings. The smallest absolute Gasteiger partial charge is 0.166 e. The van der Waals surface area contributed by atoms with Gasteiger partial charge in [0, 0.05) is 30.6 Å². The summed E-state index contributed by atoms with van der Waals surface area (Å²) in [4.78, 5) is 4.28. The first kappa shape index (κ1) is 13.4. The van der Waals surface area contributed by atoms with Crippen LogP contribution in [0.25, 0.3) is 0 Å². The number of thiocarbonyl (C=S) groups is 1. The minimum absolute atomic E-state index is 0.402. The van der Waals surface area contributed by atoms with Gasteiger partial charge in [-0.05, 0) is 18.1 Å². The van der Waals surface area contributed by atoms with Crippen LogP contribution in [0.3, 0.4) is 0 Å². The molecule has 0 saturated heterocycles. The number of rotatable bonds is 5. The summed E-state index contributed by atoms with van der Waals surface area (Å²) in [6, 6.07) is 0. The average molecular weight is 257 g/mol. The minimum Gasteiger partial charge on any atom is -0.362 e. The second kappa shape index (κ2) is 6.81. The summed E-state index contributed by atoms with van der Waals surface area (Å²) in [7, 11) is 0. The Labute approximate surface area is 107 Å². The van der Waals surface area contributed by atoms with E-state index in [2.05, 4.69) is 36.4 Å². The highest BCUT2D eigenvalue weighted by Gasteiger charge is 2.08. The molecule has 90 valence electrons. The summed E-state index contributed by atoms with van der Waals surface area (Å²) in [5.41, 5.74) is 0. The Morgan fingerprint density at radius 1 is 1.38 bits per heavy atom. The molecular weight excluding hydrogens is 238 g/mol. The van der Waals surface area contributed by atoms with Gasteiger partial charge in [0.2, 0.25) is 0 Å². The van der Waals surface area contributed by atoms with Gasteiger partial charge in [0.05, 0.1) is 5.01 Å². The van der Waals surface area contributed by atoms with Crippen LogP contribution >= 0.6 is 23.6 Å². The second-order valence-electron chi connectivity index (χ2n) is 4.26. The predicted octanol–water partition coefficient (Wildman–Crippen LogP) is 2.37. The monoisotopic (exact) mass is 257 g/mol. The van der Waals surface area contributed by atoms with Crippen LogP contribution in [0.2, 0.25) is 0 Å². The fourth-order valence-corrected chi connectivity index (χ4v) is 2.04. The van der Waals surface area contributed by atoms with E-state index >= 15 is 0 Å². The molecule has 1 aromatic heterocycles. The van der Waals surface area contributed by atoms with Crippen molar-refractivity contribution in [1.82, 2.24) is 15.6 Å². The van der Waals surface area contributed by atoms with E-state index in [1.807, 2.05) is 11.6 Å². The number of thiazole rings is 1. The maximum absolute atomic E-state index is 5.18. The quantitative estimate of drug-likeness (QED) is 0.794. The third-order valence-electron chi connectivity index (χ3n) is 2.11. The Morgan fingerprint density at radius 2 is 2.06 bits per heavy atom. The highest BCUT2D eigenvalue weighted by atomic mass is 32.1. The van der Waals surface area contributed by atoms with Crippen molar-refractivity contribution in [2.75, 3.05) is 13.1 Å². The molecular formula is C11H19N3S2. The molecule has 0 radical (unpaired) electrons. The van der Waals surface area contributed by atoms with Gasteiger partial charge in [0.15, 0.2) is 5.11 Å². The molecule has 1 unspecified atom stereocenters. The zero-order chi connectivity index (χ0) is 12.0. The number of hydrogen-bond acceptors (Lipinski definition) is 3. The van der Waals surface area contributed by atoms with Crippen LogP contribution in [-0.4, -0.2) is 23.2 Å². The normalized spacial score (nSPS) is 12.5. The summed E-state index contributed by atoms with van der Waals surface area (Å²) >= 11 is 6.87. The zero-order valence-corrected chi connectivity index (χ0v) is 11.6. The molecule has 1 aromatic rings. The minimum atomic E-state index is 0.402. The van der Waals surface area contributed by atoms with E-state index in [-0.39, 0.29) is 0 Å². The molecule has 0 bridgehead atoms. The fraction of sp³-hybridized carbons (Fsp3) is 0.636. The first-order chi connectivity index (χ1) is 7.59. The number of nitrogens with one attached hydrogen (secondary N) is 2. The SMILES string of the molecule is CC(C)CNC(=S)NCC(C)c1nccs1. The van der Waals surface area contributed by atoms with Gasteiger partial charge in [-0.1, -0.05) is 20.8 Å². The van der Waals surface area contributed by atoms with Crippen molar-refractivity contribution in [1.29, 1.82) is 0 Å². The molecule has 0 amide bonds. The molecule has 0 fully saturated rings. The summed E-state index contributed by atoms with van der Waals surface area (Å²) in [5, 5.41) is 10.3. The van der Waals surface area contributed by atoms with Crippen molar-refractivity contribution < 1.29 is 0 Å². The molecule has 1 heterocycles. The van der Waals surface area contributed by atoms with Crippen molar-refractivity contribution in [2.45, 2.75) is 26.7 Å². The van der Waals surface area contributed by atoms with Gasteiger partial charge in [-0.3, -0.25) is 0 Å². The van der Waals surface area contributed by atoms with Crippen LogP contribution in [-0.2, 0) is 0 Å². The van der Waals surface area contributed by atoms with Crippen LogP contribution < -0.4 is 10.6 Å². The zero-order valence-electron chi connectivity index (χ0n) is 9.99. The van der Waals surface area contributed by atoms with E-state index in [1.54, 1.807) is 11.3 Å². The van der Waals surface area contributed by atoms with E-state index in [0.717, 1.165) is 23.2 Å². The lowest BCUT2D eigenvalue weighted by molar-refractivity contribution is 0.614. The Bertz CT molecular complexity index is 309. The molecule has 0 saturated carbocycles. The van der Waals surface area contributed by atoms with Crippen LogP contribution in [0.1, 0.15) is 31.7 Å². The Morgan fingerprint density at radius 3 is 2.62 bits per heavy atom. The van der Waals surface area contributed by atoms with Gasteiger partial charge in [-0.2, -0.15) is 0 Å². The number of nitrogens with zero attached hydrogens (tertiary/aromatic N) is 1. The molecule has 0 aromatic carbocycles. The second-order valence-corrected chi connectivity index (χ2v) is 5.59. The van der Waals surface area contributed by atoms with Crippen molar-refractivity contribution >= 4 is 28.7 Å². The van der Waals surface area contributed by atoms with Crippen molar-refractivity contribution in [3.8, 4) is 0 Å². The van der Waals surface area contributed by atoms with E-state index in [0.29, 0.717) is 11.8 Å². The first-order valence-corrected chi connectivity index (χ1v) is 6.79. The van der Waals surface area contributed by atoms with Gasteiger partial charge in [0.25, 0.3) is 0 Å². The Balaban J connectivity index is 2.21. The molecule has 1 atom stereocenters. The molecule has 5 heteroatoms. The maximum Gasteiger partial charge on any atom is 0.166 e. The lowest BCUT2D eigenvalue weighted by Gasteiger charge is -2.14. The largest absolute Gasteiger partial charge is 0.362 e. The van der Waals surface area contributed by atoms with Crippen molar-refractivity contribution in [3.63, 3.8) is 0 Å². The average Bonchev–Trinajstić information content (AvgIpc) is 2.76. The molecule has 0 aliphatic carbocycles. The van der Waals surface area contributed by atoms with Crippen LogP contribution in [0.15, 0.2) is 11.6 Å². The lowest BCUT2D eigenvalue weighted by atomic mass is 10.2. The van der Waals surface area contributed by atoms with Gasteiger partial charge in [-0.15, -0.1) is 11.3 Å². The predicted molar refractivity (Wildman–Crippen MR) is 74.0 cm³/mol. The van der Waals surface area contributed by atoms with Gasteiger partial charge in [0.1, 0.15) is 0 Å². The van der Waals surface area contributed by atoms with Gasteiger partial charge in [-0.25, -0.2) is 4.98 Å². The van der Waals surface area contributed by atoms with Crippen LogP contribution in [0.5, 0.6) is 0 Å². The van der Waals surface area contributed by atoms with E-state index in [4.69, 9.17) is 12.2 Å². The summed E-state index contributed by atoms with van der Waals surface area (Å²) < 4.78 is 0. The van der Waals surface area contributed by atoms with Crippen molar-refractivity contribution in [2.24, 2.45) is 5.92 Å². The number of aromatic nitrogens is 1. The summed E-state index contributed by atoms with van der Waals surface area (Å²) in [6.07, 6.45) is 1.84. The molecule has 1 rings (SSSR count). The highest BCUT2D eigenvalue weighted by molar-refractivity contribution is 7.80. The molecule has 0 aliphatic heterocycles. The van der Waals surface area contributed by atoms with Crippen LogP contribution in [0.4, 0.5) is 0 Å².